The van der Waals surface area contributed by atoms with Crippen molar-refractivity contribution in [2.75, 3.05) is 19.7 Å². The Morgan fingerprint density at radius 2 is 1.84 bits per heavy atom. The van der Waals surface area contributed by atoms with Crippen molar-refractivity contribution < 1.29 is 24.2 Å². The lowest BCUT2D eigenvalue weighted by molar-refractivity contribution is -0.134. The van der Waals surface area contributed by atoms with Gasteiger partial charge in [0.2, 0.25) is 5.91 Å². The molecule has 4 bridgehead atoms. The van der Waals surface area contributed by atoms with Crippen LogP contribution in [0.3, 0.4) is 0 Å². The number of aryl methyl sites for hydroxylation is 1. The molecule has 2 saturated heterocycles. The zero-order valence-corrected chi connectivity index (χ0v) is 24.4. The number of carbonyl (C=O) groups excluding carboxylic acids is 2. The molecule has 2 amide bonds. The molecule has 0 radical (unpaired) electrons. The summed E-state index contributed by atoms with van der Waals surface area (Å²) in [5, 5.41) is 21.3. The number of benzene rings is 2. The van der Waals surface area contributed by atoms with Gasteiger partial charge < -0.3 is 25.2 Å². The fourth-order valence-corrected chi connectivity index (χ4v) is 7.20. The van der Waals surface area contributed by atoms with Gasteiger partial charge in [-0.2, -0.15) is 5.10 Å². The maximum Gasteiger partial charge on any atom is 0.255 e. The Morgan fingerprint density at radius 3 is 2.60 bits per heavy atom. The number of aliphatic hydroxyl groups is 1. The highest BCUT2D eigenvalue weighted by Crippen LogP contribution is 2.33. The molecule has 0 spiro atoms. The predicted molar refractivity (Wildman–Crippen MR) is 160 cm³/mol. The highest BCUT2D eigenvalue weighted by Gasteiger charge is 2.43. The van der Waals surface area contributed by atoms with Crippen molar-refractivity contribution in [3.05, 3.63) is 71.5 Å². The SMILES string of the molecule is Cn1cc(-c2ccc3c(c2)OCC[C@@H]2CC[C@H](O)[C@@H](CNC(=O)[C@@H]4C[C@@H](CN4C4Cc5ccccc5C4)NC3=O)O2)cn1. The van der Waals surface area contributed by atoms with Crippen LogP contribution in [0.5, 0.6) is 5.75 Å². The number of rotatable bonds is 2. The van der Waals surface area contributed by atoms with E-state index < -0.39 is 18.2 Å². The van der Waals surface area contributed by atoms with Gasteiger partial charge in [0.25, 0.3) is 5.91 Å². The second kappa shape index (κ2) is 11.7. The highest BCUT2D eigenvalue weighted by molar-refractivity contribution is 5.98. The molecule has 2 aromatic carbocycles. The number of nitrogens with one attached hydrogen (secondary N) is 2. The summed E-state index contributed by atoms with van der Waals surface area (Å²) in [5.41, 5.74) is 4.95. The minimum absolute atomic E-state index is 0.0810. The summed E-state index contributed by atoms with van der Waals surface area (Å²) in [6.07, 6.45) is 6.68. The molecule has 4 heterocycles. The minimum Gasteiger partial charge on any atom is -0.493 e. The van der Waals surface area contributed by atoms with Crippen LogP contribution in [0, 0.1) is 0 Å². The summed E-state index contributed by atoms with van der Waals surface area (Å²) in [5.74, 6) is 0.217. The van der Waals surface area contributed by atoms with Gasteiger partial charge in [0.05, 0.1) is 36.6 Å². The van der Waals surface area contributed by atoms with Crippen LogP contribution in [0.15, 0.2) is 54.9 Å². The Morgan fingerprint density at radius 1 is 1.02 bits per heavy atom. The number of aromatic nitrogens is 2. The number of hydrogen-bond donors (Lipinski definition) is 3. The van der Waals surface area contributed by atoms with Gasteiger partial charge in [0.1, 0.15) is 11.9 Å². The predicted octanol–water partition coefficient (Wildman–Crippen LogP) is 2.23. The van der Waals surface area contributed by atoms with E-state index in [1.807, 2.05) is 31.4 Å². The van der Waals surface area contributed by atoms with Crippen molar-refractivity contribution in [1.29, 1.82) is 0 Å². The average molecular weight is 586 g/mol. The third-order valence-corrected chi connectivity index (χ3v) is 9.50. The molecular formula is C33H39N5O5. The van der Waals surface area contributed by atoms with Crippen LogP contribution in [-0.4, -0.2) is 87.7 Å². The number of likely N-dealkylation sites (tertiary alicyclic amines) is 1. The van der Waals surface area contributed by atoms with Crippen LogP contribution in [0.25, 0.3) is 11.1 Å². The molecule has 1 aliphatic carbocycles. The van der Waals surface area contributed by atoms with E-state index in [1.54, 1.807) is 10.9 Å². The summed E-state index contributed by atoms with van der Waals surface area (Å²) < 4.78 is 14.3. The van der Waals surface area contributed by atoms with Crippen LogP contribution in [0.1, 0.15) is 47.2 Å². The van der Waals surface area contributed by atoms with Gasteiger partial charge in [0.15, 0.2) is 0 Å². The van der Waals surface area contributed by atoms with Gasteiger partial charge >= 0.3 is 0 Å². The third kappa shape index (κ3) is 5.79. The summed E-state index contributed by atoms with van der Waals surface area (Å²) >= 11 is 0. The van der Waals surface area contributed by atoms with Crippen molar-refractivity contribution in [3.63, 3.8) is 0 Å². The summed E-state index contributed by atoms with van der Waals surface area (Å²) in [6, 6.07) is 13.7. The van der Waals surface area contributed by atoms with E-state index in [0.29, 0.717) is 50.1 Å². The van der Waals surface area contributed by atoms with E-state index in [9.17, 15) is 14.7 Å². The number of nitrogens with zero attached hydrogens (tertiary/aromatic N) is 3. The van der Waals surface area contributed by atoms with E-state index in [2.05, 4.69) is 44.9 Å². The standard InChI is InChI=1S/C33H39N5O5/c1-37-18-23(16-35-37)22-6-8-27-30(14-22)42-11-10-26-7-9-29(39)31(43-26)17-34-33(41)28-15-24(36-32(27)40)19-38(28)25-12-20-4-2-3-5-21(20)13-25/h2-6,8,14,16,18,24-26,28-29,31,39H,7,9-13,15,17,19H2,1H3,(H,34,41)(H,36,40)/t24-,26-,28-,29-,31+/m0/s1. The summed E-state index contributed by atoms with van der Waals surface area (Å²) in [6.45, 7) is 1.19. The number of hydrogen-bond acceptors (Lipinski definition) is 7. The van der Waals surface area contributed by atoms with E-state index in [4.69, 9.17) is 9.47 Å². The highest BCUT2D eigenvalue weighted by atomic mass is 16.5. The van der Waals surface area contributed by atoms with Gasteiger partial charge in [-0.25, -0.2) is 0 Å². The fourth-order valence-electron chi connectivity index (χ4n) is 7.20. The fraction of sp³-hybridized carbons (Fsp3) is 0.485. The molecule has 10 nitrogen and oxygen atoms in total. The topological polar surface area (TPSA) is 118 Å². The normalized spacial score (nSPS) is 28.5. The Balaban J connectivity index is 1.18. The lowest BCUT2D eigenvalue weighted by Crippen LogP contribution is -2.52. The van der Waals surface area contributed by atoms with Crippen molar-refractivity contribution >= 4 is 11.8 Å². The second-order valence-electron chi connectivity index (χ2n) is 12.4. The first-order valence-electron chi connectivity index (χ1n) is 15.4. The van der Waals surface area contributed by atoms with Gasteiger partial charge in [-0.3, -0.25) is 19.2 Å². The van der Waals surface area contributed by atoms with Crippen LogP contribution < -0.4 is 15.4 Å². The summed E-state index contributed by atoms with van der Waals surface area (Å²) in [7, 11) is 1.87. The zero-order chi connectivity index (χ0) is 29.5. The third-order valence-electron chi connectivity index (χ3n) is 9.50. The second-order valence-corrected chi connectivity index (χ2v) is 12.4. The number of ether oxygens (including phenoxy) is 2. The van der Waals surface area contributed by atoms with Crippen molar-refractivity contribution in [1.82, 2.24) is 25.3 Å². The largest absolute Gasteiger partial charge is 0.493 e. The Hall–Kier alpha value is -3.73. The molecule has 10 heteroatoms. The van der Waals surface area contributed by atoms with E-state index >= 15 is 0 Å². The van der Waals surface area contributed by atoms with Crippen molar-refractivity contribution in [3.8, 4) is 16.9 Å². The molecule has 3 N–H and O–H groups in total. The van der Waals surface area contributed by atoms with Crippen LogP contribution >= 0.6 is 0 Å². The van der Waals surface area contributed by atoms with E-state index in [-0.39, 0.29) is 36.5 Å². The van der Waals surface area contributed by atoms with Crippen molar-refractivity contribution in [2.24, 2.45) is 7.05 Å². The first-order chi connectivity index (χ1) is 20.9. The first-order valence-corrected chi connectivity index (χ1v) is 15.4. The molecular weight excluding hydrogens is 546 g/mol. The molecule has 2 fully saturated rings. The molecule has 4 aliphatic rings. The maximum atomic E-state index is 13.8. The molecule has 0 saturated carbocycles. The molecule has 3 aliphatic heterocycles. The minimum atomic E-state index is -0.629. The summed E-state index contributed by atoms with van der Waals surface area (Å²) in [4.78, 5) is 29.7. The Bertz CT molecular complexity index is 1480. The van der Waals surface area contributed by atoms with Crippen LogP contribution in [0.4, 0.5) is 0 Å². The van der Waals surface area contributed by atoms with Gasteiger partial charge in [0, 0.05) is 50.4 Å². The van der Waals surface area contributed by atoms with Crippen LogP contribution in [-0.2, 0) is 29.4 Å². The lowest BCUT2D eigenvalue weighted by atomic mass is 9.99. The number of carbonyl (C=O) groups is 2. The first kappa shape index (κ1) is 28.1. The number of aliphatic hydroxyl groups excluding tert-OH is 1. The quantitative estimate of drug-likeness (QED) is 0.422. The molecule has 226 valence electrons. The monoisotopic (exact) mass is 585 g/mol. The molecule has 7 rings (SSSR count). The lowest BCUT2D eigenvalue weighted by Gasteiger charge is -2.35. The van der Waals surface area contributed by atoms with Crippen molar-refractivity contribution in [2.45, 2.75) is 75.0 Å². The average Bonchev–Trinajstić information content (AvgIpc) is 3.74. The maximum absolute atomic E-state index is 13.8. The number of fused-ring (bicyclic) bond motifs is 6. The molecule has 43 heavy (non-hydrogen) atoms. The van der Waals surface area contributed by atoms with Gasteiger partial charge in [-0.15, -0.1) is 0 Å². The van der Waals surface area contributed by atoms with E-state index in [1.165, 1.54) is 11.1 Å². The molecule has 3 aromatic rings. The zero-order valence-electron chi connectivity index (χ0n) is 24.4. The molecule has 5 atom stereocenters. The molecule has 0 unspecified atom stereocenters. The Labute approximate surface area is 251 Å². The van der Waals surface area contributed by atoms with Gasteiger partial charge in [-0.05, 0) is 60.9 Å². The molecule has 1 aromatic heterocycles. The smallest absolute Gasteiger partial charge is 0.255 e. The number of amides is 2. The van der Waals surface area contributed by atoms with Gasteiger partial charge in [-0.1, -0.05) is 30.3 Å². The van der Waals surface area contributed by atoms with E-state index in [0.717, 1.165) is 24.0 Å². The van der Waals surface area contributed by atoms with Crippen LogP contribution in [0.2, 0.25) is 0 Å². The Kier molecular flexibility index (Phi) is 7.67.